The van der Waals surface area contributed by atoms with Gasteiger partial charge < -0.3 is 16.4 Å². The molecule has 2 aromatic rings. The van der Waals surface area contributed by atoms with Gasteiger partial charge in [0.1, 0.15) is 12.1 Å². The van der Waals surface area contributed by atoms with Crippen LogP contribution in [0.3, 0.4) is 0 Å². The highest BCUT2D eigenvalue weighted by Gasteiger charge is 2.26. The molecule has 0 aliphatic heterocycles. The van der Waals surface area contributed by atoms with Crippen molar-refractivity contribution in [2.24, 2.45) is 5.73 Å². The van der Waals surface area contributed by atoms with Crippen LogP contribution in [0.2, 0.25) is 10.0 Å². The first-order chi connectivity index (χ1) is 13.3. The SMILES string of the molecule is CC(=O)N[C@H](Cc1ccccc1)C(=O)N[C@H](Cc1c(Cl)cccc1Cl)C(N)=O. The molecule has 0 spiro atoms. The van der Waals surface area contributed by atoms with Crippen molar-refractivity contribution in [3.63, 3.8) is 0 Å². The summed E-state index contributed by atoms with van der Waals surface area (Å²) in [5.74, 6) is -1.61. The summed E-state index contributed by atoms with van der Waals surface area (Å²) < 4.78 is 0. The van der Waals surface area contributed by atoms with E-state index in [0.29, 0.717) is 15.6 Å². The summed E-state index contributed by atoms with van der Waals surface area (Å²) >= 11 is 12.3. The number of hydrogen-bond donors (Lipinski definition) is 3. The fraction of sp³-hybridized carbons (Fsp3) is 0.250. The van der Waals surface area contributed by atoms with Crippen molar-refractivity contribution in [1.82, 2.24) is 10.6 Å². The van der Waals surface area contributed by atoms with E-state index in [1.807, 2.05) is 30.3 Å². The Hall–Kier alpha value is -2.57. The molecule has 0 aromatic heterocycles. The van der Waals surface area contributed by atoms with E-state index in [-0.39, 0.29) is 18.7 Å². The fourth-order valence-corrected chi connectivity index (χ4v) is 3.28. The van der Waals surface area contributed by atoms with Gasteiger partial charge in [0.15, 0.2) is 0 Å². The summed E-state index contributed by atoms with van der Waals surface area (Å²) in [5.41, 5.74) is 6.83. The van der Waals surface area contributed by atoms with Crippen LogP contribution in [0.1, 0.15) is 18.1 Å². The molecule has 0 bridgehead atoms. The van der Waals surface area contributed by atoms with Crippen molar-refractivity contribution >= 4 is 40.9 Å². The number of primary amides is 1. The van der Waals surface area contributed by atoms with E-state index in [1.54, 1.807) is 18.2 Å². The Kier molecular flexibility index (Phi) is 7.84. The molecule has 2 aromatic carbocycles. The smallest absolute Gasteiger partial charge is 0.243 e. The normalized spacial score (nSPS) is 12.7. The zero-order valence-corrected chi connectivity index (χ0v) is 16.8. The third-order valence-corrected chi connectivity index (χ3v) is 4.81. The van der Waals surface area contributed by atoms with E-state index in [2.05, 4.69) is 10.6 Å². The molecule has 8 heteroatoms. The molecule has 0 unspecified atom stereocenters. The summed E-state index contributed by atoms with van der Waals surface area (Å²) in [6.07, 6.45) is 0.308. The lowest BCUT2D eigenvalue weighted by molar-refractivity contribution is -0.130. The van der Waals surface area contributed by atoms with Crippen LogP contribution < -0.4 is 16.4 Å². The Morgan fingerprint density at radius 2 is 1.50 bits per heavy atom. The molecule has 0 radical (unpaired) electrons. The molecule has 0 fully saturated rings. The van der Waals surface area contributed by atoms with Crippen LogP contribution in [0.4, 0.5) is 0 Å². The van der Waals surface area contributed by atoms with Gasteiger partial charge in [-0.15, -0.1) is 0 Å². The molecule has 6 nitrogen and oxygen atoms in total. The molecule has 28 heavy (non-hydrogen) atoms. The van der Waals surface area contributed by atoms with E-state index < -0.39 is 23.9 Å². The molecule has 0 aliphatic carbocycles. The number of carbonyl (C=O) groups is 3. The van der Waals surface area contributed by atoms with Gasteiger partial charge in [-0.05, 0) is 23.3 Å². The van der Waals surface area contributed by atoms with Crippen LogP contribution in [0.25, 0.3) is 0 Å². The first-order valence-corrected chi connectivity index (χ1v) is 9.37. The fourth-order valence-electron chi connectivity index (χ4n) is 2.73. The average molecular weight is 422 g/mol. The lowest BCUT2D eigenvalue weighted by Crippen LogP contribution is -2.54. The van der Waals surface area contributed by atoms with Crippen LogP contribution >= 0.6 is 23.2 Å². The second-order valence-electron chi connectivity index (χ2n) is 6.31. The molecule has 0 saturated carbocycles. The summed E-state index contributed by atoms with van der Waals surface area (Å²) in [6, 6.07) is 12.3. The minimum Gasteiger partial charge on any atom is -0.368 e. The number of nitrogens with one attached hydrogen (secondary N) is 2. The van der Waals surface area contributed by atoms with E-state index in [0.717, 1.165) is 5.56 Å². The largest absolute Gasteiger partial charge is 0.368 e. The summed E-state index contributed by atoms with van der Waals surface area (Å²) in [4.78, 5) is 36.2. The summed E-state index contributed by atoms with van der Waals surface area (Å²) in [5, 5.41) is 5.95. The molecular weight excluding hydrogens is 401 g/mol. The predicted molar refractivity (Wildman–Crippen MR) is 109 cm³/mol. The van der Waals surface area contributed by atoms with Gasteiger partial charge in [-0.1, -0.05) is 59.6 Å². The minimum atomic E-state index is -1.03. The Labute approximate surface area is 173 Å². The van der Waals surface area contributed by atoms with Gasteiger partial charge in [-0.25, -0.2) is 0 Å². The lowest BCUT2D eigenvalue weighted by atomic mass is 10.0. The van der Waals surface area contributed by atoms with Crippen molar-refractivity contribution in [2.75, 3.05) is 0 Å². The van der Waals surface area contributed by atoms with Crippen molar-refractivity contribution < 1.29 is 14.4 Å². The zero-order chi connectivity index (χ0) is 20.7. The van der Waals surface area contributed by atoms with Gasteiger partial charge in [0.25, 0.3) is 0 Å². The molecule has 2 rings (SSSR count). The van der Waals surface area contributed by atoms with Crippen LogP contribution in [0.5, 0.6) is 0 Å². The maximum absolute atomic E-state index is 12.8. The topological polar surface area (TPSA) is 101 Å². The number of hydrogen-bond acceptors (Lipinski definition) is 3. The van der Waals surface area contributed by atoms with Gasteiger partial charge in [0.05, 0.1) is 0 Å². The molecule has 0 heterocycles. The Bertz CT molecular complexity index is 839. The van der Waals surface area contributed by atoms with Crippen LogP contribution in [0.15, 0.2) is 48.5 Å². The zero-order valence-electron chi connectivity index (χ0n) is 15.2. The quantitative estimate of drug-likeness (QED) is 0.608. The van der Waals surface area contributed by atoms with Crippen molar-refractivity contribution in [3.05, 3.63) is 69.7 Å². The second kappa shape index (κ2) is 10.1. The standard InChI is InChI=1S/C20H21Cl2N3O3/c1-12(26)24-18(10-13-6-3-2-4-7-13)20(28)25-17(19(23)27)11-14-15(21)8-5-9-16(14)22/h2-9,17-18H,10-11H2,1H3,(H2,23,27)(H,24,26)(H,25,28)/t17-,18-/m1/s1. The molecule has 148 valence electrons. The molecule has 0 saturated heterocycles. The first-order valence-electron chi connectivity index (χ1n) is 8.61. The molecular formula is C20H21Cl2N3O3. The number of rotatable bonds is 8. The predicted octanol–water partition coefficient (Wildman–Crippen LogP) is 2.25. The maximum Gasteiger partial charge on any atom is 0.243 e. The minimum absolute atomic E-state index is 0.0394. The van der Waals surface area contributed by atoms with E-state index in [4.69, 9.17) is 28.9 Å². The molecule has 2 atom stereocenters. The van der Waals surface area contributed by atoms with E-state index in [1.165, 1.54) is 6.92 Å². The number of benzene rings is 2. The second-order valence-corrected chi connectivity index (χ2v) is 7.13. The van der Waals surface area contributed by atoms with E-state index in [9.17, 15) is 14.4 Å². The third kappa shape index (κ3) is 6.25. The van der Waals surface area contributed by atoms with Crippen molar-refractivity contribution in [3.8, 4) is 0 Å². The summed E-state index contributed by atoms with van der Waals surface area (Å²) in [6.45, 7) is 1.32. The van der Waals surface area contributed by atoms with Gasteiger partial charge in [-0.2, -0.15) is 0 Å². The monoisotopic (exact) mass is 421 g/mol. The van der Waals surface area contributed by atoms with Crippen LogP contribution in [-0.4, -0.2) is 29.8 Å². The van der Waals surface area contributed by atoms with Gasteiger partial charge in [-0.3, -0.25) is 14.4 Å². The van der Waals surface area contributed by atoms with Crippen molar-refractivity contribution in [2.45, 2.75) is 31.8 Å². The van der Waals surface area contributed by atoms with E-state index >= 15 is 0 Å². The number of halogens is 2. The highest BCUT2D eigenvalue weighted by Crippen LogP contribution is 2.25. The third-order valence-electron chi connectivity index (χ3n) is 4.11. The molecule has 4 N–H and O–H groups in total. The lowest BCUT2D eigenvalue weighted by Gasteiger charge is -2.22. The molecule has 0 aliphatic rings. The Morgan fingerprint density at radius 1 is 0.893 bits per heavy atom. The highest BCUT2D eigenvalue weighted by atomic mass is 35.5. The van der Waals surface area contributed by atoms with Crippen LogP contribution in [0, 0.1) is 0 Å². The number of carbonyl (C=O) groups excluding carboxylic acids is 3. The van der Waals surface area contributed by atoms with Crippen molar-refractivity contribution in [1.29, 1.82) is 0 Å². The van der Waals surface area contributed by atoms with Crippen LogP contribution in [-0.2, 0) is 27.2 Å². The Morgan fingerprint density at radius 3 is 2.04 bits per heavy atom. The number of nitrogens with two attached hydrogens (primary N) is 1. The maximum atomic E-state index is 12.8. The Balaban J connectivity index is 2.17. The van der Waals surface area contributed by atoms with Gasteiger partial charge >= 0.3 is 0 Å². The summed E-state index contributed by atoms with van der Waals surface area (Å²) in [7, 11) is 0. The average Bonchev–Trinajstić information content (AvgIpc) is 2.63. The number of amides is 3. The van der Waals surface area contributed by atoms with Gasteiger partial charge in [0, 0.05) is 29.8 Å². The van der Waals surface area contributed by atoms with Gasteiger partial charge in [0.2, 0.25) is 17.7 Å². The first kappa shape index (κ1) is 21.7. The highest BCUT2D eigenvalue weighted by molar-refractivity contribution is 6.36. The molecule has 3 amide bonds.